The van der Waals surface area contributed by atoms with Crippen molar-refractivity contribution < 1.29 is 9.26 Å². The van der Waals surface area contributed by atoms with Crippen molar-refractivity contribution in [2.45, 2.75) is 18.8 Å². The molecule has 0 spiro atoms. The second kappa shape index (κ2) is 5.77. The van der Waals surface area contributed by atoms with Gasteiger partial charge in [0, 0.05) is 38.5 Å². The van der Waals surface area contributed by atoms with E-state index < -0.39 is 0 Å². The first-order valence-corrected chi connectivity index (χ1v) is 6.75. The summed E-state index contributed by atoms with van der Waals surface area (Å²) in [4.78, 5) is 6.88. The lowest BCUT2D eigenvalue weighted by Crippen LogP contribution is -2.37. The zero-order valence-electron chi connectivity index (χ0n) is 10.6. The molecular weight excluding hydrogens is 232 g/mol. The van der Waals surface area contributed by atoms with Crippen LogP contribution < -0.4 is 5.32 Å². The molecule has 6 nitrogen and oxygen atoms in total. The van der Waals surface area contributed by atoms with Gasteiger partial charge in [0.1, 0.15) is 0 Å². The molecule has 1 unspecified atom stereocenters. The van der Waals surface area contributed by atoms with Gasteiger partial charge in [0.05, 0.1) is 13.2 Å². The van der Waals surface area contributed by atoms with Gasteiger partial charge in [-0.2, -0.15) is 4.98 Å². The molecule has 3 rings (SSSR count). The van der Waals surface area contributed by atoms with Gasteiger partial charge in [-0.25, -0.2) is 0 Å². The van der Waals surface area contributed by atoms with Crippen LogP contribution in [0.25, 0.3) is 0 Å². The van der Waals surface area contributed by atoms with E-state index in [-0.39, 0.29) is 0 Å². The molecule has 0 aliphatic carbocycles. The predicted molar refractivity (Wildman–Crippen MR) is 65.5 cm³/mol. The first kappa shape index (κ1) is 12.1. The van der Waals surface area contributed by atoms with E-state index in [0.717, 1.165) is 70.5 Å². The Labute approximate surface area is 107 Å². The van der Waals surface area contributed by atoms with E-state index in [1.54, 1.807) is 0 Å². The fourth-order valence-corrected chi connectivity index (χ4v) is 2.49. The Morgan fingerprint density at radius 3 is 3.00 bits per heavy atom. The number of nitrogens with one attached hydrogen (secondary N) is 1. The Balaban J connectivity index is 1.50. The summed E-state index contributed by atoms with van der Waals surface area (Å²) in [5, 5.41) is 7.41. The third kappa shape index (κ3) is 2.88. The zero-order chi connectivity index (χ0) is 12.2. The molecule has 18 heavy (non-hydrogen) atoms. The molecule has 100 valence electrons. The molecule has 1 N–H and O–H groups in total. The van der Waals surface area contributed by atoms with Crippen molar-refractivity contribution >= 4 is 0 Å². The van der Waals surface area contributed by atoms with E-state index in [1.807, 2.05) is 0 Å². The summed E-state index contributed by atoms with van der Waals surface area (Å²) in [6, 6.07) is 0. The van der Waals surface area contributed by atoms with Gasteiger partial charge in [-0.15, -0.1) is 0 Å². The lowest BCUT2D eigenvalue weighted by atomic mass is 10.1. The molecule has 2 aliphatic rings. The highest BCUT2D eigenvalue weighted by Gasteiger charge is 2.22. The van der Waals surface area contributed by atoms with Gasteiger partial charge in [-0.1, -0.05) is 5.16 Å². The minimum Gasteiger partial charge on any atom is -0.379 e. The predicted octanol–water partition coefficient (Wildman–Crippen LogP) is 0.0212. The summed E-state index contributed by atoms with van der Waals surface area (Å²) in [7, 11) is 0. The van der Waals surface area contributed by atoms with Crippen molar-refractivity contribution in [1.29, 1.82) is 0 Å². The highest BCUT2D eigenvalue weighted by molar-refractivity contribution is 4.99. The Morgan fingerprint density at radius 1 is 1.33 bits per heavy atom. The summed E-state index contributed by atoms with van der Waals surface area (Å²) < 4.78 is 10.6. The van der Waals surface area contributed by atoms with Crippen LogP contribution in [-0.2, 0) is 11.2 Å². The summed E-state index contributed by atoms with van der Waals surface area (Å²) >= 11 is 0. The number of rotatable bonds is 4. The van der Waals surface area contributed by atoms with Crippen LogP contribution in [0.4, 0.5) is 0 Å². The molecule has 6 heteroatoms. The van der Waals surface area contributed by atoms with Crippen molar-refractivity contribution in [1.82, 2.24) is 20.4 Å². The molecule has 0 aromatic carbocycles. The number of aromatic nitrogens is 2. The second-order valence-corrected chi connectivity index (χ2v) is 4.94. The third-order valence-electron chi connectivity index (χ3n) is 3.65. The SMILES string of the molecule is C1CC(c2noc(CCN3CCOCC3)n2)CN1. The molecule has 2 fully saturated rings. The van der Waals surface area contributed by atoms with Gasteiger partial charge in [-0.05, 0) is 13.0 Å². The van der Waals surface area contributed by atoms with Crippen LogP contribution in [0.3, 0.4) is 0 Å². The van der Waals surface area contributed by atoms with Gasteiger partial charge >= 0.3 is 0 Å². The largest absolute Gasteiger partial charge is 0.379 e. The van der Waals surface area contributed by atoms with Crippen LogP contribution >= 0.6 is 0 Å². The molecule has 0 bridgehead atoms. The standard InChI is InChI=1S/C12H20N4O2/c1-3-13-9-10(1)12-14-11(18-15-12)2-4-16-5-7-17-8-6-16/h10,13H,1-9H2. The van der Waals surface area contributed by atoms with Crippen LogP contribution in [0, 0.1) is 0 Å². The molecule has 1 aromatic rings. The Hall–Kier alpha value is -0.980. The van der Waals surface area contributed by atoms with Crippen molar-refractivity contribution in [2.75, 3.05) is 45.9 Å². The van der Waals surface area contributed by atoms with Crippen LogP contribution in [0.1, 0.15) is 24.1 Å². The van der Waals surface area contributed by atoms with Crippen LogP contribution in [0.5, 0.6) is 0 Å². The monoisotopic (exact) mass is 252 g/mol. The summed E-state index contributed by atoms with van der Waals surface area (Å²) in [5.74, 6) is 2.08. The molecule has 3 heterocycles. The second-order valence-electron chi connectivity index (χ2n) is 4.94. The van der Waals surface area contributed by atoms with Gasteiger partial charge in [-0.3, -0.25) is 4.90 Å². The molecule has 1 aromatic heterocycles. The number of ether oxygens (including phenoxy) is 1. The van der Waals surface area contributed by atoms with Gasteiger partial charge in [0.2, 0.25) is 5.89 Å². The number of hydrogen-bond acceptors (Lipinski definition) is 6. The van der Waals surface area contributed by atoms with Gasteiger partial charge in [0.25, 0.3) is 0 Å². The average molecular weight is 252 g/mol. The number of hydrogen-bond donors (Lipinski definition) is 1. The summed E-state index contributed by atoms with van der Waals surface area (Å²) in [5.41, 5.74) is 0. The fraction of sp³-hybridized carbons (Fsp3) is 0.833. The normalized spacial score (nSPS) is 25.7. The highest BCUT2D eigenvalue weighted by atomic mass is 16.5. The van der Waals surface area contributed by atoms with Crippen LogP contribution in [0.2, 0.25) is 0 Å². The molecule has 0 saturated carbocycles. The van der Waals surface area contributed by atoms with E-state index in [9.17, 15) is 0 Å². The molecule has 2 saturated heterocycles. The van der Waals surface area contributed by atoms with E-state index in [2.05, 4.69) is 20.4 Å². The van der Waals surface area contributed by atoms with Crippen LogP contribution in [-0.4, -0.2) is 61.0 Å². The number of nitrogens with zero attached hydrogens (tertiary/aromatic N) is 3. The quantitative estimate of drug-likeness (QED) is 0.815. The highest BCUT2D eigenvalue weighted by Crippen LogP contribution is 2.19. The lowest BCUT2D eigenvalue weighted by Gasteiger charge is -2.25. The van der Waals surface area contributed by atoms with E-state index in [0.29, 0.717) is 5.92 Å². The Bertz CT molecular complexity index is 370. The molecule has 0 radical (unpaired) electrons. The maximum absolute atomic E-state index is 5.32. The van der Waals surface area contributed by atoms with Crippen LogP contribution in [0.15, 0.2) is 4.52 Å². The molecule has 0 amide bonds. The van der Waals surface area contributed by atoms with Crippen molar-refractivity contribution in [3.63, 3.8) is 0 Å². The van der Waals surface area contributed by atoms with Gasteiger partial charge < -0.3 is 14.6 Å². The minimum absolute atomic E-state index is 0.436. The Morgan fingerprint density at radius 2 is 2.22 bits per heavy atom. The number of morpholine rings is 1. The van der Waals surface area contributed by atoms with E-state index in [4.69, 9.17) is 9.26 Å². The smallest absolute Gasteiger partial charge is 0.227 e. The topological polar surface area (TPSA) is 63.4 Å². The first-order chi connectivity index (χ1) is 8.92. The lowest BCUT2D eigenvalue weighted by molar-refractivity contribution is 0.0375. The molecule has 2 aliphatic heterocycles. The summed E-state index contributed by atoms with van der Waals surface area (Å²) in [6.07, 6.45) is 1.95. The van der Waals surface area contributed by atoms with E-state index >= 15 is 0 Å². The van der Waals surface area contributed by atoms with Gasteiger partial charge in [0.15, 0.2) is 5.82 Å². The Kier molecular flexibility index (Phi) is 3.87. The van der Waals surface area contributed by atoms with Crippen molar-refractivity contribution in [2.24, 2.45) is 0 Å². The van der Waals surface area contributed by atoms with E-state index in [1.165, 1.54) is 0 Å². The molecular formula is C12H20N4O2. The maximum Gasteiger partial charge on any atom is 0.227 e. The molecule has 1 atom stereocenters. The van der Waals surface area contributed by atoms with Crippen molar-refractivity contribution in [3.8, 4) is 0 Å². The first-order valence-electron chi connectivity index (χ1n) is 6.75. The average Bonchev–Trinajstić information content (AvgIpc) is 3.08. The third-order valence-corrected chi connectivity index (χ3v) is 3.65. The maximum atomic E-state index is 5.32. The van der Waals surface area contributed by atoms with Crippen molar-refractivity contribution in [3.05, 3.63) is 11.7 Å². The zero-order valence-corrected chi connectivity index (χ0v) is 10.6. The fourth-order valence-electron chi connectivity index (χ4n) is 2.49. The minimum atomic E-state index is 0.436. The summed E-state index contributed by atoms with van der Waals surface area (Å²) in [6.45, 7) is 6.70.